The van der Waals surface area contributed by atoms with Crippen LogP contribution in [0.25, 0.3) is 0 Å². The molecule has 160 valence electrons. The second kappa shape index (κ2) is 8.90. The van der Waals surface area contributed by atoms with Crippen molar-refractivity contribution in [3.63, 3.8) is 0 Å². The molecule has 1 unspecified atom stereocenters. The molecule has 4 rings (SSSR count). The van der Waals surface area contributed by atoms with Crippen molar-refractivity contribution in [2.45, 2.75) is 29.6 Å². The van der Waals surface area contributed by atoms with E-state index < -0.39 is 17.2 Å². The molecule has 4 aromatic rings. The van der Waals surface area contributed by atoms with Gasteiger partial charge in [-0.1, -0.05) is 36.0 Å². The molecule has 2 aromatic heterocycles. The summed E-state index contributed by atoms with van der Waals surface area (Å²) >= 11 is 1.22. The Morgan fingerprint density at radius 3 is 2.52 bits per heavy atom. The van der Waals surface area contributed by atoms with E-state index in [1.54, 1.807) is 18.2 Å². The highest BCUT2D eigenvalue weighted by molar-refractivity contribution is 7.98. The fourth-order valence-corrected chi connectivity index (χ4v) is 3.92. The lowest BCUT2D eigenvalue weighted by Crippen LogP contribution is -2.37. The summed E-state index contributed by atoms with van der Waals surface area (Å²) < 4.78 is 44.4. The van der Waals surface area contributed by atoms with Crippen LogP contribution in [0.4, 0.5) is 13.2 Å². The molecule has 2 aromatic carbocycles. The van der Waals surface area contributed by atoms with Gasteiger partial charge in [-0.3, -0.25) is 0 Å². The molecule has 7 nitrogen and oxygen atoms in total. The highest BCUT2D eigenvalue weighted by Gasteiger charge is 2.34. The third-order valence-electron chi connectivity index (χ3n) is 4.58. The molecule has 0 bridgehead atoms. The van der Waals surface area contributed by atoms with Gasteiger partial charge in [0.15, 0.2) is 0 Å². The van der Waals surface area contributed by atoms with Crippen LogP contribution in [-0.2, 0) is 24.4 Å². The molecule has 0 amide bonds. The Morgan fingerprint density at radius 1 is 0.968 bits per heavy atom. The maximum atomic E-state index is 14.5. The number of aliphatic hydroxyl groups is 1. The Labute approximate surface area is 179 Å². The largest absolute Gasteiger partial charge is 0.381 e. The van der Waals surface area contributed by atoms with Gasteiger partial charge in [0.1, 0.15) is 42.0 Å². The van der Waals surface area contributed by atoms with Crippen LogP contribution in [0.2, 0.25) is 0 Å². The van der Waals surface area contributed by atoms with Gasteiger partial charge < -0.3 is 5.11 Å². The lowest BCUT2D eigenvalue weighted by atomic mass is 9.93. The number of aromatic nitrogens is 6. The van der Waals surface area contributed by atoms with Crippen LogP contribution in [0.1, 0.15) is 11.1 Å². The van der Waals surface area contributed by atoms with Crippen molar-refractivity contribution >= 4 is 11.8 Å². The van der Waals surface area contributed by atoms with Gasteiger partial charge in [-0.05, 0) is 17.7 Å². The summed E-state index contributed by atoms with van der Waals surface area (Å²) in [5.41, 5.74) is -1.41. The maximum Gasteiger partial charge on any atom is 0.208 e. The number of halogens is 3. The number of hydrogen-bond acceptors (Lipinski definition) is 6. The van der Waals surface area contributed by atoms with Gasteiger partial charge in [-0.25, -0.2) is 32.5 Å². The summed E-state index contributed by atoms with van der Waals surface area (Å²) in [5, 5.41) is 19.9. The summed E-state index contributed by atoms with van der Waals surface area (Å²) in [6.45, 7) is -0.324. The van der Waals surface area contributed by atoms with Crippen molar-refractivity contribution in [1.29, 1.82) is 0 Å². The Morgan fingerprint density at radius 2 is 1.77 bits per heavy atom. The normalized spacial score (nSPS) is 13.3. The van der Waals surface area contributed by atoms with E-state index in [1.807, 2.05) is 0 Å². The van der Waals surface area contributed by atoms with Crippen molar-refractivity contribution < 1.29 is 18.3 Å². The van der Waals surface area contributed by atoms with E-state index in [0.29, 0.717) is 22.5 Å². The van der Waals surface area contributed by atoms with Crippen LogP contribution in [0, 0.1) is 17.5 Å². The van der Waals surface area contributed by atoms with E-state index in [-0.39, 0.29) is 24.5 Å². The molecule has 11 heteroatoms. The van der Waals surface area contributed by atoms with Crippen LogP contribution in [0.15, 0.2) is 66.6 Å². The Kier molecular flexibility index (Phi) is 6.05. The number of benzene rings is 2. The fraction of sp³-hybridized carbons (Fsp3) is 0.200. The zero-order valence-electron chi connectivity index (χ0n) is 16.1. The van der Waals surface area contributed by atoms with Crippen LogP contribution in [0.5, 0.6) is 0 Å². The van der Waals surface area contributed by atoms with E-state index in [1.165, 1.54) is 52.2 Å². The van der Waals surface area contributed by atoms with Gasteiger partial charge in [0.05, 0.1) is 13.1 Å². The molecule has 0 saturated heterocycles. The molecular formula is C20H17F3N6OS. The highest BCUT2D eigenvalue weighted by atomic mass is 32.2. The Balaban J connectivity index is 1.55. The SMILES string of the molecule is OC(Cn1cncn1)(Cn1cnc(SCc2ccccc2F)n1)c1ccc(F)cc1F. The molecule has 0 aliphatic rings. The molecule has 0 spiro atoms. The van der Waals surface area contributed by atoms with Gasteiger partial charge in [0, 0.05) is 17.4 Å². The summed E-state index contributed by atoms with van der Waals surface area (Å²) in [5.74, 6) is -1.63. The molecule has 0 saturated carbocycles. The fourth-order valence-electron chi connectivity index (χ4n) is 3.12. The Bertz CT molecular complexity index is 1170. The molecule has 1 N–H and O–H groups in total. The van der Waals surface area contributed by atoms with Crippen LogP contribution < -0.4 is 0 Å². The molecule has 0 aliphatic heterocycles. The average Bonchev–Trinajstić information content (AvgIpc) is 3.39. The van der Waals surface area contributed by atoms with Crippen LogP contribution >= 0.6 is 11.8 Å². The first-order chi connectivity index (χ1) is 14.9. The first-order valence-electron chi connectivity index (χ1n) is 9.19. The summed E-state index contributed by atoms with van der Waals surface area (Å²) in [7, 11) is 0. The number of rotatable bonds is 8. The minimum Gasteiger partial charge on any atom is -0.381 e. The summed E-state index contributed by atoms with van der Waals surface area (Å²) in [6.07, 6.45) is 4.05. The quantitative estimate of drug-likeness (QED) is 0.419. The van der Waals surface area contributed by atoms with Crippen molar-refractivity contribution in [3.8, 4) is 0 Å². The number of nitrogens with zero attached hydrogens (tertiary/aromatic N) is 6. The topological polar surface area (TPSA) is 81.6 Å². The summed E-state index contributed by atoms with van der Waals surface area (Å²) in [4.78, 5) is 7.99. The Hall–Kier alpha value is -3.18. The third kappa shape index (κ3) is 4.94. The van der Waals surface area contributed by atoms with Gasteiger partial charge >= 0.3 is 0 Å². The monoisotopic (exact) mass is 446 g/mol. The van der Waals surface area contributed by atoms with E-state index >= 15 is 0 Å². The first kappa shape index (κ1) is 21.1. The molecule has 0 aliphatic carbocycles. The molecular weight excluding hydrogens is 429 g/mol. The van der Waals surface area contributed by atoms with Crippen molar-refractivity contribution in [2.75, 3.05) is 0 Å². The molecule has 1 atom stereocenters. The standard InChI is InChI=1S/C20H17F3N6OS/c21-15-5-6-16(18(23)7-15)20(30,9-28-12-24-11-26-28)10-29-13-25-19(27-29)31-8-14-3-1-2-4-17(14)22/h1-7,11-13,30H,8-10H2. The molecule has 31 heavy (non-hydrogen) atoms. The first-order valence-corrected chi connectivity index (χ1v) is 10.2. The van der Waals surface area contributed by atoms with Gasteiger partial charge in [0.2, 0.25) is 5.16 Å². The minimum atomic E-state index is -1.81. The summed E-state index contributed by atoms with van der Waals surface area (Å²) in [6, 6.07) is 9.37. The lowest BCUT2D eigenvalue weighted by molar-refractivity contribution is -0.00878. The zero-order chi connectivity index (χ0) is 21.8. The molecule has 2 heterocycles. The predicted molar refractivity (Wildman–Crippen MR) is 106 cm³/mol. The second-order valence-corrected chi connectivity index (χ2v) is 7.80. The van der Waals surface area contributed by atoms with Crippen molar-refractivity contribution in [1.82, 2.24) is 29.5 Å². The lowest BCUT2D eigenvalue weighted by Gasteiger charge is -2.28. The molecule has 0 fully saturated rings. The molecule has 0 radical (unpaired) electrons. The highest BCUT2D eigenvalue weighted by Crippen LogP contribution is 2.29. The van der Waals surface area contributed by atoms with Crippen LogP contribution in [0.3, 0.4) is 0 Å². The number of hydrogen-bond donors (Lipinski definition) is 1. The van der Waals surface area contributed by atoms with E-state index in [0.717, 1.165) is 6.07 Å². The third-order valence-corrected chi connectivity index (χ3v) is 5.48. The number of thioether (sulfide) groups is 1. The van der Waals surface area contributed by atoms with Crippen LogP contribution in [-0.4, -0.2) is 34.6 Å². The van der Waals surface area contributed by atoms with Gasteiger partial charge in [-0.2, -0.15) is 5.10 Å². The van der Waals surface area contributed by atoms with E-state index in [9.17, 15) is 18.3 Å². The average molecular weight is 446 g/mol. The smallest absolute Gasteiger partial charge is 0.208 e. The van der Waals surface area contributed by atoms with Gasteiger partial charge in [0.25, 0.3) is 0 Å². The van der Waals surface area contributed by atoms with Gasteiger partial charge in [-0.15, -0.1) is 5.10 Å². The van der Waals surface area contributed by atoms with E-state index in [2.05, 4.69) is 20.2 Å². The minimum absolute atomic E-state index is 0.111. The van der Waals surface area contributed by atoms with E-state index in [4.69, 9.17) is 0 Å². The second-order valence-electron chi connectivity index (χ2n) is 6.85. The zero-order valence-corrected chi connectivity index (χ0v) is 16.9. The predicted octanol–water partition coefficient (Wildman–Crippen LogP) is 3.17. The van der Waals surface area contributed by atoms with Crippen molar-refractivity contribution in [2.24, 2.45) is 0 Å². The maximum absolute atomic E-state index is 14.5. The van der Waals surface area contributed by atoms with Crippen molar-refractivity contribution in [3.05, 3.63) is 90.0 Å².